The summed E-state index contributed by atoms with van der Waals surface area (Å²) in [5.74, 6) is -0.127. The fourth-order valence-electron chi connectivity index (χ4n) is 4.14. The molecule has 0 saturated carbocycles. The lowest BCUT2D eigenvalue weighted by atomic mass is 10.0. The van der Waals surface area contributed by atoms with Crippen molar-refractivity contribution in [1.29, 1.82) is 0 Å². The zero-order valence-electron chi connectivity index (χ0n) is 17.1. The highest BCUT2D eigenvalue weighted by atomic mass is 32.1. The standard InChI is InChI=1S/C26H21N3OS/c1-2-27-22-16-10-9-11-19(22)17-18-23(27)24-25(30)29(21-14-7-4-8-15-21)26(31)28(24)20-12-5-3-6-13-20/h3-18H,2H2,1H3/b24-23-. The molecule has 0 atom stereocenters. The van der Waals surface area contributed by atoms with Crippen LogP contribution in [0.2, 0.25) is 0 Å². The molecule has 0 bridgehead atoms. The van der Waals surface area contributed by atoms with Crippen LogP contribution in [0.4, 0.5) is 17.1 Å². The normalized spacial score (nSPS) is 18.0. The van der Waals surface area contributed by atoms with E-state index in [-0.39, 0.29) is 5.91 Å². The molecule has 4 nitrogen and oxygen atoms in total. The highest BCUT2D eigenvalue weighted by Crippen LogP contribution is 2.38. The molecule has 3 aromatic carbocycles. The number of carbonyl (C=O) groups excluding carboxylic acids is 1. The third-order valence-corrected chi connectivity index (χ3v) is 5.90. The van der Waals surface area contributed by atoms with E-state index in [1.807, 2.05) is 83.8 Å². The van der Waals surface area contributed by atoms with Crippen LogP contribution in [0.3, 0.4) is 0 Å². The topological polar surface area (TPSA) is 26.8 Å². The first-order valence-corrected chi connectivity index (χ1v) is 10.7. The van der Waals surface area contributed by atoms with Crippen molar-refractivity contribution in [1.82, 2.24) is 0 Å². The Morgan fingerprint density at radius 1 is 0.742 bits per heavy atom. The summed E-state index contributed by atoms with van der Waals surface area (Å²) in [6.45, 7) is 2.82. The Bertz CT molecular complexity index is 1220. The number of allylic oxidation sites excluding steroid dienone is 1. The van der Waals surface area contributed by atoms with Crippen molar-refractivity contribution in [3.8, 4) is 0 Å². The molecule has 31 heavy (non-hydrogen) atoms. The van der Waals surface area contributed by atoms with Gasteiger partial charge in [0, 0.05) is 17.9 Å². The maximum absolute atomic E-state index is 13.9. The van der Waals surface area contributed by atoms with Gasteiger partial charge >= 0.3 is 0 Å². The second-order valence-corrected chi connectivity index (χ2v) is 7.67. The van der Waals surface area contributed by atoms with Crippen molar-refractivity contribution in [3.63, 3.8) is 0 Å². The first kappa shape index (κ1) is 19.3. The number of para-hydroxylation sites is 3. The molecule has 1 fully saturated rings. The van der Waals surface area contributed by atoms with Gasteiger partial charge in [-0.25, -0.2) is 0 Å². The first-order valence-electron chi connectivity index (χ1n) is 10.3. The third-order valence-electron chi connectivity index (χ3n) is 5.54. The summed E-state index contributed by atoms with van der Waals surface area (Å²) < 4.78 is 0. The Kier molecular flexibility index (Phi) is 4.88. The van der Waals surface area contributed by atoms with E-state index in [1.54, 1.807) is 4.90 Å². The fourth-order valence-corrected chi connectivity index (χ4v) is 4.52. The maximum Gasteiger partial charge on any atom is 0.283 e. The number of thiocarbonyl (C=S) groups is 1. The second kappa shape index (κ2) is 7.85. The van der Waals surface area contributed by atoms with Gasteiger partial charge in [0.1, 0.15) is 5.70 Å². The molecule has 2 aliphatic heterocycles. The van der Waals surface area contributed by atoms with Crippen LogP contribution < -0.4 is 14.7 Å². The van der Waals surface area contributed by atoms with Gasteiger partial charge < -0.3 is 4.90 Å². The molecule has 2 aliphatic rings. The van der Waals surface area contributed by atoms with Gasteiger partial charge in [-0.15, -0.1) is 0 Å². The summed E-state index contributed by atoms with van der Waals surface area (Å²) in [4.78, 5) is 19.5. The second-order valence-electron chi connectivity index (χ2n) is 7.30. The van der Waals surface area contributed by atoms with E-state index in [9.17, 15) is 4.79 Å². The van der Waals surface area contributed by atoms with Crippen LogP contribution in [0, 0.1) is 0 Å². The zero-order chi connectivity index (χ0) is 21.4. The molecule has 0 aromatic heterocycles. The first-order chi connectivity index (χ1) is 15.2. The molecule has 152 valence electrons. The van der Waals surface area contributed by atoms with E-state index in [4.69, 9.17) is 12.2 Å². The van der Waals surface area contributed by atoms with Crippen molar-refractivity contribution in [2.45, 2.75) is 6.92 Å². The van der Waals surface area contributed by atoms with Crippen LogP contribution in [0.5, 0.6) is 0 Å². The molecule has 0 N–H and O–H groups in total. The number of nitrogens with zero attached hydrogens (tertiary/aromatic N) is 3. The Morgan fingerprint density at radius 2 is 1.32 bits per heavy atom. The summed E-state index contributed by atoms with van der Waals surface area (Å²) >= 11 is 5.86. The number of likely N-dealkylation sites (N-methyl/N-ethyl adjacent to an activating group) is 1. The van der Waals surface area contributed by atoms with E-state index in [0.29, 0.717) is 10.8 Å². The zero-order valence-corrected chi connectivity index (χ0v) is 17.9. The molecule has 0 spiro atoms. The van der Waals surface area contributed by atoms with Crippen LogP contribution in [-0.2, 0) is 4.79 Å². The number of carbonyl (C=O) groups is 1. The van der Waals surface area contributed by atoms with Crippen molar-refractivity contribution < 1.29 is 4.79 Å². The van der Waals surface area contributed by atoms with Crippen LogP contribution in [0.15, 0.2) is 102 Å². The summed E-state index contributed by atoms with van der Waals surface area (Å²) in [5.41, 5.74) is 5.25. The minimum Gasteiger partial charge on any atom is -0.339 e. The maximum atomic E-state index is 13.9. The summed E-state index contributed by atoms with van der Waals surface area (Å²) in [6.07, 6.45) is 4.08. The molecule has 5 heteroatoms. The monoisotopic (exact) mass is 423 g/mol. The molecule has 2 heterocycles. The average molecular weight is 424 g/mol. The van der Waals surface area contributed by atoms with E-state index >= 15 is 0 Å². The summed E-state index contributed by atoms with van der Waals surface area (Å²) in [6, 6.07) is 27.6. The van der Waals surface area contributed by atoms with E-state index in [1.165, 1.54) is 0 Å². The number of hydrogen-bond acceptors (Lipinski definition) is 3. The number of hydrogen-bond donors (Lipinski definition) is 0. The number of amides is 1. The summed E-state index contributed by atoms with van der Waals surface area (Å²) in [7, 11) is 0. The van der Waals surface area contributed by atoms with Gasteiger partial charge in [-0.3, -0.25) is 14.6 Å². The van der Waals surface area contributed by atoms with E-state index in [2.05, 4.69) is 30.0 Å². The lowest BCUT2D eigenvalue weighted by molar-refractivity contribution is -0.113. The molecule has 0 aliphatic carbocycles. The highest BCUT2D eigenvalue weighted by Gasteiger charge is 2.43. The molecular formula is C26H21N3OS. The van der Waals surface area contributed by atoms with Gasteiger partial charge in [-0.05, 0) is 61.1 Å². The highest BCUT2D eigenvalue weighted by molar-refractivity contribution is 7.81. The van der Waals surface area contributed by atoms with E-state index < -0.39 is 0 Å². The van der Waals surface area contributed by atoms with Crippen molar-refractivity contribution in [2.75, 3.05) is 21.2 Å². The predicted molar refractivity (Wildman–Crippen MR) is 131 cm³/mol. The van der Waals surface area contributed by atoms with Crippen LogP contribution >= 0.6 is 12.2 Å². The molecule has 0 unspecified atom stereocenters. The van der Waals surface area contributed by atoms with Gasteiger partial charge in [0.2, 0.25) is 0 Å². The van der Waals surface area contributed by atoms with Crippen LogP contribution in [0.1, 0.15) is 12.5 Å². The minimum absolute atomic E-state index is 0.127. The van der Waals surface area contributed by atoms with Crippen LogP contribution in [0.25, 0.3) is 6.08 Å². The largest absolute Gasteiger partial charge is 0.339 e. The quantitative estimate of drug-likeness (QED) is 0.405. The average Bonchev–Trinajstić information content (AvgIpc) is 3.09. The van der Waals surface area contributed by atoms with Crippen molar-refractivity contribution in [3.05, 3.63) is 108 Å². The number of benzene rings is 3. The lowest BCUT2D eigenvalue weighted by Gasteiger charge is -2.31. The molecule has 1 amide bonds. The Hall–Kier alpha value is -3.70. The number of fused-ring (bicyclic) bond motifs is 1. The van der Waals surface area contributed by atoms with Gasteiger partial charge in [0.15, 0.2) is 5.11 Å². The summed E-state index contributed by atoms with van der Waals surface area (Å²) in [5, 5.41) is 0.452. The minimum atomic E-state index is -0.127. The van der Waals surface area contributed by atoms with E-state index in [0.717, 1.165) is 34.9 Å². The Labute approximate surface area is 187 Å². The smallest absolute Gasteiger partial charge is 0.283 e. The molecule has 0 radical (unpaired) electrons. The van der Waals surface area contributed by atoms with Crippen molar-refractivity contribution >= 4 is 46.4 Å². The fraction of sp³-hybridized carbons (Fsp3) is 0.0769. The number of anilines is 3. The van der Waals surface area contributed by atoms with Crippen LogP contribution in [-0.4, -0.2) is 17.6 Å². The van der Waals surface area contributed by atoms with Gasteiger partial charge in [0.05, 0.1) is 11.4 Å². The van der Waals surface area contributed by atoms with Gasteiger partial charge in [-0.1, -0.05) is 60.7 Å². The van der Waals surface area contributed by atoms with Crippen molar-refractivity contribution in [2.24, 2.45) is 0 Å². The lowest BCUT2D eigenvalue weighted by Crippen LogP contribution is -2.33. The molecular weight excluding hydrogens is 402 g/mol. The third kappa shape index (κ3) is 3.14. The van der Waals surface area contributed by atoms with Gasteiger partial charge in [-0.2, -0.15) is 0 Å². The number of rotatable bonds is 3. The SMILES string of the molecule is CCN1/C(=C2/C(=O)N(c3ccccc3)C(=S)N2c2ccccc2)C=Cc2ccccc21. The Balaban J connectivity index is 1.73. The predicted octanol–water partition coefficient (Wildman–Crippen LogP) is 5.59. The van der Waals surface area contributed by atoms with Gasteiger partial charge in [0.25, 0.3) is 5.91 Å². The molecule has 5 rings (SSSR count). The Morgan fingerprint density at radius 3 is 1.97 bits per heavy atom. The molecule has 3 aromatic rings. The molecule has 1 saturated heterocycles.